The summed E-state index contributed by atoms with van der Waals surface area (Å²) in [6, 6.07) is 9.46. The van der Waals surface area contributed by atoms with E-state index in [0.717, 1.165) is 24.3 Å². The molecule has 1 heterocycles. The van der Waals surface area contributed by atoms with Gasteiger partial charge in [0, 0.05) is 29.7 Å². The van der Waals surface area contributed by atoms with Crippen molar-refractivity contribution < 1.29 is 4.39 Å². The molecule has 2 nitrogen and oxygen atoms in total. The van der Waals surface area contributed by atoms with Gasteiger partial charge < -0.3 is 10.2 Å². The van der Waals surface area contributed by atoms with Crippen molar-refractivity contribution in [1.82, 2.24) is 5.32 Å². The van der Waals surface area contributed by atoms with Crippen LogP contribution in [0.15, 0.2) is 35.7 Å². The van der Waals surface area contributed by atoms with Gasteiger partial charge in [0.15, 0.2) is 0 Å². The van der Waals surface area contributed by atoms with E-state index in [4.69, 9.17) is 0 Å². The van der Waals surface area contributed by atoms with E-state index in [1.807, 2.05) is 19.2 Å². The van der Waals surface area contributed by atoms with Gasteiger partial charge in [-0.2, -0.15) is 0 Å². The molecule has 0 fully saturated rings. The van der Waals surface area contributed by atoms with Crippen LogP contribution in [0.25, 0.3) is 0 Å². The SMILES string of the molecule is CC(C)CNCc1c(F)cccc1N(C)Cc1cccs1. The van der Waals surface area contributed by atoms with Crippen LogP contribution < -0.4 is 10.2 Å². The smallest absolute Gasteiger partial charge is 0.129 e. The van der Waals surface area contributed by atoms with E-state index in [-0.39, 0.29) is 5.82 Å². The van der Waals surface area contributed by atoms with Gasteiger partial charge in [-0.15, -0.1) is 11.3 Å². The van der Waals surface area contributed by atoms with Crippen LogP contribution in [0.2, 0.25) is 0 Å². The molecule has 2 aromatic rings. The van der Waals surface area contributed by atoms with Gasteiger partial charge in [0.2, 0.25) is 0 Å². The van der Waals surface area contributed by atoms with E-state index >= 15 is 0 Å². The molecule has 4 heteroatoms. The number of halogens is 1. The summed E-state index contributed by atoms with van der Waals surface area (Å²) in [7, 11) is 2.01. The second-order valence-electron chi connectivity index (χ2n) is 5.70. The average molecular weight is 306 g/mol. The minimum absolute atomic E-state index is 0.137. The lowest BCUT2D eigenvalue weighted by Gasteiger charge is -2.23. The third kappa shape index (κ3) is 4.55. The quantitative estimate of drug-likeness (QED) is 0.822. The zero-order chi connectivity index (χ0) is 15.2. The molecule has 2 rings (SSSR count). The van der Waals surface area contributed by atoms with Crippen molar-refractivity contribution in [2.75, 3.05) is 18.5 Å². The molecule has 114 valence electrons. The van der Waals surface area contributed by atoms with E-state index in [2.05, 4.69) is 35.5 Å². The Morgan fingerprint density at radius 2 is 2.05 bits per heavy atom. The predicted molar refractivity (Wildman–Crippen MR) is 89.4 cm³/mol. The summed E-state index contributed by atoms with van der Waals surface area (Å²) in [5.41, 5.74) is 1.71. The van der Waals surface area contributed by atoms with E-state index in [1.54, 1.807) is 17.4 Å². The highest BCUT2D eigenvalue weighted by atomic mass is 32.1. The average Bonchev–Trinajstić information content (AvgIpc) is 2.93. The second-order valence-corrected chi connectivity index (χ2v) is 6.73. The van der Waals surface area contributed by atoms with Gasteiger partial charge in [-0.3, -0.25) is 0 Å². The lowest BCUT2D eigenvalue weighted by Crippen LogP contribution is -2.23. The van der Waals surface area contributed by atoms with Crippen molar-refractivity contribution in [1.29, 1.82) is 0 Å². The summed E-state index contributed by atoms with van der Waals surface area (Å²) in [5.74, 6) is 0.422. The van der Waals surface area contributed by atoms with Crippen molar-refractivity contribution in [2.45, 2.75) is 26.9 Å². The van der Waals surface area contributed by atoms with E-state index in [9.17, 15) is 4.39 Å². The molecule has 21 heavy (non-hydrogen) atoms. The van der Waals surface area contributed by atoms with Crippen LogP contribution in [0.3, 0.4) is 0 Å². The Hall–Kier alpha value is -1.39. The number of rotatable bonds is 7. The van der Waals surface area contributed by atoms with Gasteiger partial charge in [-0.1, -0.05) is 26.0 Å². The standard InChI is InChI=1S/C17H23FN2S/c1-13(2)10-19-11-15-16(18)7-4-8-17(15)20(3)12-14-6-5-9-21-14/h4-9,13,19H,10-12H2,1-3H3. The summed E-state index contributed by atoms with van der Waals surface area (Å²) < 4.78 is 14.1. The van der Waals surface area contributed by atoms with E-state index < -0.39 is 0 Å². The first kappa shape index (κ1) is 16.0. The van der Waals surface area contributed by atoms with Crippen LogP contribution in [0, 0.1) is 11.7 Å². The zero-order valence-corrected chi connectivity index (χ0v) is 13.7. The molecule has 0 amide bonds. The number of nitrogens with zero attached hydrogens (tertiary/aromatic N) is 1. The lowest BCUT2D eigenvalue weighted by molar-refractivity contribution is 0.534. The molecule has 0 aliphatic rings. The number of benzene rings is 1. The van der Waals surface area contributed by atoms with Gasteiger partial charge >= 0.3 is 0 Å². The van der Waals surface area contributed by atoms with E-state index in [0.29, 0.717) is 12.5 Å². The number of thiophene rings is 1. The number of anilines is 1. The molecule has 1 aromatic heterocycles. The van der Waals surface area contributed by atoms with Crippen molar-refractivity contribution in [3.63, 3.8) is 0 Å². The maximum absolute atomic E-state index is 14.1. The van der Waals surface area contributed by atoms with Crippen molar-refractivity contribution >= 4 is 17.0 Å². The summed E-state index contributed by atoms with van der Waals surface area (Å²) in [6.07, 6.45) is 0. The first-order valence-electron chi connectivity index (χ1n) is 7.29. The number of nitrogens with one attached hydrogen (secondary N) is 1. The molecule has 0 saturated heterocycles. The van der Waals surface area contributed by atoms with Crippen LogP contribution in [0.5, 0.6) is 0 Å². The molecule has 1 N–H and O–H groups in total. The Morgan fingerprint density at radius 3 is 2.71 bits per heavy atom. The summed E-state index contributed by atoms with van der Waals surface area (Å²) in [5, 5.41) is 5.40. The number of hydrogen-bond donors (Lipinski definition) is 1. The zero-order valence-electron chi connectivity index (χ0n) is 12.9. The highest BCUT2D eigenvalue weighted by Crippen LogP contribution is 2.24. The normalized spacial score (nSPS) is 11.1. The molecule has 0 aliphatic carbocycles. The van der Waals surface area contributed by atoms with Gasteiger partial charge in [-0.25, -0.2) is 4.39 Å². The van der Waals surface area contributed by atoms with Crippen molar-refractivity contribution in [3.8, 4) is 0 Å². The third-order valence-electron chi connectivity index (χ3n) is 3.33. The van der Waals surface area contributed by atoms with Crippen molar-refractivity contribution in [3.05, 3.63) is 52.0 Å². The lowest BCUT2D eigenvalue weighted by atomic mass is 10.1. The van der Waals surface area contributed by atoms with Gasteiger partial charge in [0.05, 0.1) is 6.54 Å². The van der Waals surface area contributed by atoms with Crippen LogP contribution in [0.1, 0.15) is 24.3 Å². The highest BCUT2D eigenvalue weighted by molar-refractivity contribution is 7.09. The molecule has 0 aliphatic heterocycles. The first-order valence-corrected chi connectivity index (χ1v) is 8.17. The molecule has 0 saturated carbocycles. The third-order valence-corrected chi connectivity index (χ3v) is 4.19. The minimum Gasteiger partial charge on any atom is -0.369 e. The summed E-state index contributed by atoms with van der Waals surface area (Å²) in [6.45, 7) is 6.56. The molecule has 0 radical (unpaired) electrons. The van der Waals surface area contributed by atoms with Crippen LogP contribution in [-0.2, 0) is 13.1 Å². The fourth-order valence-corrected chi connectivity index (χ4v) is 3.04. The Kier molecular flexibility index (Phi) is 5.76. The minimum atomic E-state index is -0.137. The maximum Gasteiger partial charge on any atom is 0.129 e. The highest BCUT2D eigenvalue weighted by Gasteiger charge is 2.12. The Morgan fingerprint density at radius 1 is 1.24 bits per heavy atom. The largest absolute Gasteiger partial charge is 0.369 e. The first-order chi connectivity index (χ1) is 10.1. The summed E-state index contributed by atoms with van der Waals surface area (Å²) in [4.78, 5) is 3.39. The Labute approximate surface area is 130 Å². The van der Waals surface area contributed by atoms with Crippen LogP contribution in [-0.4, -0.2) is 13.6 Å². The topological polar surface area (TPSA) is 15.3 Å². The monoisotopic (exact) mass is 306 g/mol. The van der Waals surface area contributed by atoms with Gasteiger partial charge in [0.25, 0.3) is 0 Å². The molecular weight excluding hydrogens is 283 g/mol. The van der Waals surface area contributed by atoms with Crippen LogP contribution in [0.4, 0.5) is 10.1 Å². The fraction of sp³-hybridized carbons (Fsp3) is 0.412. The second kappa shape index (κ2) is 7.57. The fourth-order valence-electron chi connectivity index (χ4n) is 2.29. The van der Waals surface area contributed by atoms with Crippen molar-refractivity contribution in [2.24, 2.45) is 5.92 Å². The number of hydrogen-bond acceptors (Lipinski definition) is 3. The molecule has 0 bridgehead atoms. The molecule has 0 unspecified atom stereocenters. The van der Waals surface area contributed by atoms with Crippen LogP contribution >= 0.6 is 11.3 Å². The Bertz CT molecular complexity index is 552. The maximum atomic E-state index is 14.1. The summed E-state index contributed by atoms with van der Waals surface area (Å²) >= 11 is 1.73. The molecule has 0 atom stereocenters. The molecule has 1 aromatic carbocycles. The van der Waals surface area contributed by atoms with E-state index in [1.165, 1.54) is 10.9 Å². The van der Waals surface area contributed by atoms with Gasteiger partial charge in [0.1, 0.15) is 5.82 Å². The Balaban J connectivity index is 2.12. The molecular formula is C17H23FN2S. The predicted octanol–water partition coefficient (Wildman–Crippen LogP) is 4.27. The van der Waals surface area contributed by atoms with Gasteiger partial charge in [-0.05, 0) is 36.0 Å². The molecule has 0 spiro atoms.